The van der Waals surface area contributed by atoms with Gasteiger partial charge in [0.05, 0.1) is 0 Å². The summed E-state index contributed by atoms with van der Waals surface area (Å²) < 4.78 is 6.21. The number of rotatable bonds is 7. The molecule has 0 aliphatic rings. The second kappa shape index (κ2) is 10.0. The van der Waals surface area contributed by atoms with Crippen molar-refractivity contribution >= 4 is 28.1 Å². The average molecular weight is 474 g/mol. The number of nitrogens with zero attached hydrogens (tertiary/aromatic N) is 4. The van der Waals surface area contributed by atoms with Crippen molar-refractivity contribution in [2.45, 2.75) is 32.7 Å². The Kier molecular flexibility index (Phi) is 6.88. The van der Waals surface area contributed by atoms with Gasteiger partial charge in [-0.1, -0.05) is 80.6 Å². The summed E-state index contributed by atoms with van der Waals surface area (Å²) in [6.07, 6.45) is 1.67. The van der Waals surface area contributed by atoms with Crippen LogP contribution >= 0.6 is 11.3 Å². The fourth-order valence-electron chi connectivity index (χ4n) is 3.41. The van der Waals surface area contributed by atoms with Crippen molar-refractivity contribution in [1.82, 2.24) is 20.1 Å². The van der Waals surface area contributed by atoms with Crippen LogP contribution in [0.5, 0.6) is 11.6 Å². The van der Waals surface area contributed by atoms with E-state index in [1.54, 1.807) is 18.1 Å². The minimum atomic E-state index is -0.184. The molecule has 0 bridgehead atoms. The molecule has 7 nitrogen and oxygen atoms in total. The number of ether oxygens (including phenoxy) is 1. The maximum absolute atomic E-state index is 12.8. The second-order valence-electron chi connectivity index (χ2n) is 8.89. The first-order valence-electron chi connectivity index (χ1n) is 10.9. The highest BCUT2D eigenvalue weighted by Crippen LogP contribution is 2.36. The number of aromatic nitrogens is 3. The van der Waals surface area contributed by atoms with Gasteiger partial charge in [-0.05, 0) is 29.2 Å². The van der Waals surface area contributed by atoms with Crippen LogP contribution in [0.3, 0.4) is 0 Å². The van der Waals surface area contributed by atoms with Gasteiger partial charge in [0, 0.05) is 25.4 Å². The van der Waals surface area contributed by atoms with Gasteiger partial charge in [0.15, 0.2) is 0 Å². The maximum Gasteiger partial charge on any atom is 0.284 e. The van der Waals surface area contributed by atoms with Gasteiger partial charge in [-0.25, -0.2) is 4.98 Å². The lowest BCUT2D eigenvalue weighted by Gasteiger charge is -2.22. The topological polar surface area (TPSA) is 80.2 Å². The van der Waals surface area contributed by atoms with Crippen molar-refractivity contribution in [3.8, 4) is 11.6 Å². The van der Waals surface area contributed by atoms with Gasteiger partial charge in [0.25, 0.3) is 5.91 Å². The van der Waals surface area contributed by atoms with Crippen LogP contribution in [0.25, 0.3) is 0 Å². The molecular formula is C26H27N5O2S. The highest BCUT2D eigenvalue weighted by Gasteiger charge is 2.21. The summed E-state index contributed by atoms with van der Waals surface area (Å²) in [7, 11) is 1.75. The number of pyridine rings is 1. The fourth-order valence-corrected chi connectivity index (χ4v) is 4.16. The van der Waals surface area contributed by atoms with Crippen molar-refractivity contribution in [2.24, 2.45) is 0 Å². The predicted molar refractivity (Wildman–Crippen MR) is 135 cm³/mol. The van der Waals surface area contributed by atoms with Crippen LogP contribution in [-0.2, 0) is 12.0 Å². The van der Waals surface area contributed by atoms with Gasteiger partial charge in [-0.2, -0.15) is 0 Å². The second-order valence-corrected chi connectivity index (χ2v) is 9.87. The van der Waals surface area contributed by atoms with Crippen molar-refractivity contribution in [3.63, 3.8) is 0 Å². The van der Waals surface area contributed by atoms with E-state index in [1.807, 2.05) is 60.7 Å². The summed E-state index contributed by atoms with van der Waals surface area (Å²) >= 11 is 1.19. The number of hydrogen-bond acceptors (Lipinski definition) is 7. The number of carbonyl (C=O) groups excluding carboxylic acids is 1. The molecule has 174 valence electrons. The van der Waals surface area contributed by atoms with Crippen LogP contribution in [0, 0.1) is 0 Å². The normalized spacial score (nSPS) is 11.2. The van der Waals surface area contributed by atoms with E-state index in [0.29, 0.717) is 28.3 Å². The van der Waals surface area contributed by atoms with Gasteiger partial charge < -0.3 is 15.0 Å². The maximum atomic E-state index is 12.8. The lowest BCUT2D eigenvalue weighted by molar-refractivity contribution is 0.0784. The van der Waals surface area contributed by atoms with E-state index in [9.17, 15) is 4.79 Å². The Morgan fingerprint density at radius 1 is 1.00 bits per heavy atom. The van der Waals surface area contributed by atoms with Crippen LogP contribution < -0.4 is 10.1 Å². The SMILES string of the molecule is CN(Cc1ccccc1)C(=O)c1nnc(Nc2cccnc2Oc2ccccc2C(C)(C)C)s1. The molecule has 0 aliphatic heterocycles. The number of para-hydroxylation sites is 1. The van der Waals surface area contributed by atoms with Crippen molar-refractivity contribution in [1.29, 1.82) is 0 Å². The van der Waals surface area contributed by atoms with E-state index in [4.69, 9.17) is 4.74 Å². The molecule has 0 fully saturated rings. The number of nitrogens with one attached hydrogen (secondary N) is 1. The van der Waals surface area contributed by atoms with Gasteiger partial charge in [-0.3, -0.25) is 4.79 Å². The Hall–Kier alpha value is -3.78. The third-order valence-electron chi connectivity index (χ3n) is 5.13. The smallest absolute Gasteiger partial charge is 0.284 e. The zero-order valence-corrected chi connectivity index (χ0v) is 20.5. The number of amides is 1. The quantitative estimate of drug-likeness (QED) is 0.353. The number of benzene rings is 2. The number of hydrogen-bond donors (Lipinski definition) is 1. The summed E-state index contributed by atoms with van der Waals surface area (Å²) in [6, 6.07) is 21.4. The van der Waals surface area contributed by atoms with Crippen LogP contribution in [-0.4, -0.2) is 33.0 Å². The van der Waals surface area contributed by atoms with Crippen LogP contribution in [0.2, 0.25) is 0 Å². The lowest BCUT2D eigenvalue weighted by Crippen LogP contribution is -2.26. The molecular weight excluding hydrogens is 446 g/mol. The molecule has 0 aliphatic carbocycles. The Morgan fingerprint density at radius 2 is 1.74 bits per heavy atom. The van der Waals surface area contributed by atoms with Crippen molar-refractivity contribution in [2.75, 3.05) is 12.4 Å². The highest BCUT2D eigenvalue weighted by atomic mass is 32.1. The minimum Gasteiger partial charge on any atom is -0.437 e. The molecule has 34 heavy (non-hydrogen) atoms. The number of anilines is 2. The van der Waals surface area contributed by atoms with Gasteiger partial charge in [0.2, 0.25) is 16.0 Å². The van der Waals surface area contributed by atoms with E-state index < -0.39 is 0 Å². The molecule has 2 heterocycles. The third-order valence-corrected chi connectivity index (χ3v) is 5.96. The molecule has 1 amide bonds. The monoisotopic (exact) mass is 473 g/mol. The molecule has 0 saturated heterocycles. The summed E-state index contributed by atoms with van der Waals surface area (Å²) in [4.78, 5) is 18.9. The Balaban J connectivity index is 1.50. The third kappa shape index (κ3) is 5.58. The molecule has 0 spiro atoms. The zero-order valence-electron chi connectivity index (χ0n) is 19.6. The molecule has 4 aromatic rings. The molecule has 0 atom stereocenters. The molecule has 0 radical (unpaired) electrons. The first-order valence-corrected chi connectivity index (χ1v) is 11.8. The first-order chi connectivity index (χ1) is 16.3. The standard InChI is InChI=1S/C26H27N5O2S/c1-26(2,3)19-13-8-9-15-21(19)33-22-20(14-10-16-27-22)28-25-30-29-23(34-25)24(32)31(4)17-18-11-6-5-7-12-18/h5-16H,17H2,1-4H3,(H,28,30). The van der Waals surface area contributed by atoms with E-state index >= 15 is 0 Å². The van der Waals surface area contributed by atoms with E-state index in [2.05, 4.69) is 47.3 Å². The zero-order chi connectivity index (χ0) is 24.1. The lowest BCUT2D eigenvalue weighted by atomic mass is 9.86. The van der Waals surface area contributed by atoms with Crippen LogP contribution in [0.15, 0.2) is 72.9 Å². The van der Waals surface area contributed by atoms with Crippen LogP contribution in [0.4, 0.5) is 10.8 Å². The summed E-state index contributed by atoms with van der Waals surface area (Å²) in [5, 5.41) is 12.2. The Morgan fingerprint density at radius 3 is 2.50 bits per heavy atom. The van der Waals surface area contributed by atoms with E-state index in [1.165, 1.54) is 11.3 Å². The Labute approximate surface area is 203 Å². The van der Waals surface area contributed by atoms with Gasteiger partial charge >= 0.3 is 0 Å². The minimum absolute atomic E-state index is 0.0841. The number of carbonyl (C=O) groups is 1. The molecule has 0 saturated carbocycles. The summed E-state index contributed by atoms with van der Waals surface area (Å²) in [6.45, 7) is 6.92. The van der Waals surface area contributed by atoms with Crippen molar-refractivity contribution < 1.29 is 9.53 Å². The van der Waals surface area contributed by atoms with Gasteiger partial charge in [0.1, 0.15) is 11.4 Å². The summed E-state index contributed by atoms with van der Waals surface area (Å²) in [5.74, 6) is 0.979. The molecule has 0 unspecified atom stereocenters. The van der Waals surface area contributed by atoms with Crippen LogP contribution in [0.1, 0.15) is 41.7 Å². The molecule has 1 N–H and O–H groups in total. The molecule has 8 heteroatoms. The largest absolute Gasteiger partial charge is 0.437 e. The Bertz CT molecular complexity index is 1270. The van der Waals surface area contributed by atoms with Crippen molar-refractivity contribution in [3.05, 3.63) is 89.1 Å². The summed E-state index contributed by atoms with van der Waals surface area (Å²) in [5.41, 5.74) is 2.68. The predicted octanol–water partition coefficient (Wildman–Crippen LogP) is 6.04. The molecule has 2 aromatic heterocycles. The first kappa shape index (κ1) is 23.4. The fraction of sp³-hybridized carbons (Fsp3) is 0.231. The average Bonchev–Trinajstić information content (AvgIpc) is 3.28. The molecule has 4 rings (SSSR count). The van der Waals surface area contributed by atoms with E-state index in [0.717, 1.165) is 16.9 Å². The van der Waals surface area contributed by atoms with Gasteiger partial charge in [-0.15, -0.1) is 10.2 Å². The van der Waals surface area contributed by atoms with E-state index in [-0.39, 0.29) is 11.3 Å². The highest BCUT2D eigenvalue weighted by molar-refractivity contribution is 7.17. The molecule has 2 aromatic carbocycles.